The third-order valence-corrected chi connectivity index (χ3v) is 10.1. The second-order valence-electron chi connectivity index (χ2n) is 13.3. The summed E-state index contributed by atoms with van der Waals surface area (Å²) in [5.74, 6) is 1.30. The molecular weight excluding hydrogens is 691 g/mol. The molecule has 0 unspecified atom stereocenters. The molecule has 3 aromatic carbocycles. The molecule has 5 rings (SSSR count). The predicted octanol–water partition coefficient (Wildman–Crippen LogP) is 7.83. The van der Waals surface area contributed by atoms with Crippen molar-refractivity contribution in [3.63, 3.8) is 0 Å². The number of hydrogen-bond donors (Lipinski definition) is 0. The van der Waals surface area contributed by atoms with Gasteiger partial charge in [-0.25, -0.2) is 13.2 Å². The molecule has 0 bridgehead atoms. The standard InChI is InChI=1S/C36H44Cl2N4O4S.ClH/c1-6-46-31-24-27(36(2,3)4)12-17-30(31)34-39-32(25-8-13-28(37)14-9-25)33(26-10-15-29(38)16-11-26)42(34)35(43)41-19-7-18-40(20-21-41)22-23-47(5,44)45;/h8-17,24,32-33H,6-7,18-23H2,1-5H3;1H/t32-,33+;/m0./s1. The molecule has 2 atom stereocenters. The Balaban J connectivity index is 0.00000520. The number of sulfone groups is 1. The van der Waals surface area contributed by atoms with Crippen LogP contribution in [0, 0.1) is 0 Å². The summed E-state index contributed by atoms with van der Waals surface area (Å²) >= 11 is 12.6. The van der Waals surface area contributed by atoms with Gasteiger partial charge in [-0.15, -0.1) is 12.4 Å². The Kier molecular flexibility index (Phi) is 12.5. The van der Waals surface area contributed by atoms with Gasteiger partial charge in [-0.2, -0.15) is 0 Å². The second-order valence-corrected chi connectivity index (χ2v) is 16.4. The molecule has 12 heteroatoms. The van der Waals surface area contributed by atoms with Gasteiger partial charge >= 0.3 is 6.03 Å². The number of ether oxygens (including phenoxy) is 1. The molecule has 1 saturated heterocycles. The first-order valence-electron chi connectivity index (χ1n) is 16.1. The number of hydrogen-bond acceptors (Lipinski definition) is 6. The zero-order valence-electron chi connectivity index (χ0n) is 28.2. The van der Waals surface area contributed by atoms with Crippen LogP contribution in [0.2, 0.25) is 10.0 Å². The van der Waals surface area contributed by atoms with E-state index >= 15 is 0 Å². The third-order valence-electron chi connectivity index (χ3n) is 8.72. The molecule has 0 aromatic heterocycles. The van der Waals surface area contributed by atoms with Crippen molar-refractivity contribution in [1.82, 2.24) is 14.7 Å². The van der Waals surface area contributed by atoms with E-state index in [1.165, 1.54) is 6.26 Å². The van der Waals surface area contributed by atoms with Crippen molar-refractivity contribution < 1.29 is 17.9 Å². The van der Waals surface area contributed by atoms with E-state index in [2.05, 4.69) is 37.8 Å². The zero-order chi connectivity index (χ0) is 33.9. The number of carbonyl (C=O) groups is 1. The molecule has 260 valence electrons. The number of amides is 2. The summed E-state index contributed by atoms with van der Waals surface area (Å²) < 4.78 is 29.9. The van der Waals surface area contributed by atoms with Gasteiger partial charge in [0.25, 0.3) is 0 Å². The Labute approximate surface area is 301 Å². The van der Waals surface area contributed by atoms with Crippen molar-refractivity contribution in [3.8, 4) is 5.75 Å². The van der Waals surface area contributed by atoms with E-state index in [0.29, 0.717) is 54.4 Å². The van der Waals surface area contributed by atoms with Crippen molar-refractivity contribution in [3.05, 3.63) is 99.0 Å². The van der Waals surface area contributed by atoms with Crippen LogP contribution in [0.1, 0.15) is 68.5 Å². The van der Waals surface area contributed by atoms with Crippen LogP contribution in [-0.4, -0.2) is 86.3 Å². The predicted molar refractivity (Wildman–Crippen MR) is 198 cm³/mol. The lowest BCUT2D eigenvalue weighted by atomic mass is 9.86. The maximum atomic E-state index is 14.9. The number of aliphatic imine (C=N–C) groups is 1. The monoisotopic (exact) mass is 734 g/mol. The average Bonchev–Trinajstić information content (AvgIpc) is 3.24. The smallest absolute Gasteiger partial charge is 0.326 e. The van der Waals surface area contributed by atoms with E-state index in [1.54, 1.807) is 0 Å². The number of halogens is 3. The normalized spacial score (nSPS) is 19.0. The van der Waals surface area contributed by atoms with E-state index in [0.717, 1.165) is 35.2 Å². The number of urea groups is 1. The Morgan fingerprint density at radius 3 is 2.12 bits per heavy atom. The minimum Gasteiger partial charge on any atom is -0.493 e. The number of nitrogens with zero attached hydrogens (tertiary/aromatic N) is 4. The molecule has 2 aliphatic heterocycles. The van der Waals surface area contributed by atoms with E-state index in [1.807, 2.05) is 71.3 Å². The van der Waals surface area contributed by atoms with Crippen LogP contribution in [0.25, 0.3) is 0 Å². The van der Waals surface area contributed by atoms with Gasteiger partial charge in [0.2, 0.25) is 0 Å². The lowest BCUT2D eigenvalue weighted by Crippen LogP contribution is -2.48. The average molecular weight is 736 g/mol. The van der Waals surface area contributed by atoms with Crippen LogP contribution in [0.5, 0.6) is 5.75 Å². The summed E-state index contributed by atoms with van der Waals surface area (Å²) in [7, 11) is -3.09. The highest BCUT2D eigenvalue weighted by atomic mass is 35.5. The highest BCUT2D eigenvalue weighted by molar-refractivity contribution is 7.90. The largest absolute Gasteiger partial charge is 0.493 e. The van der Waals surface area contributed by atoms with E-state index < -0.39 is 21.9 Å². The molecule has 1 fully saturated rings. The molecule has 0 spiro atoms. The van der Waals surface area contributed by atoms with E-state index in [9.17, 15) is 13.2 Å². The first-order valence-corrected chi connectivity index (χ1v) is 18.9. The number of benzene rings is 3. The number of amidine groups is 1. The fourth-order valence-electron chi connectivity index (χ4n) is 6.14. The molecule has 2 heterocycles. The van der Waals surface area contributed by atoms with Crippen LogP contribution in [0.4, 0.5) is 4.79 Å². The summed E-state index contributed by atoms with van der Waals surface area (Å²) in [5, 5.41) is 1.22. The molecule has 0 aliphatic carbocycles. The lowest BCUT2D eigenvalue weighted by Gasteiger charge is -2.34. The first-order chi connectivity index (χ1) is 22.2. The Bertz CT molecular complexity index is 1710. The molecule has 0 saturated carbocycles. The zero-order valence-corrected chi connectivity index (χ0v) is 31.3. The Morgan fingerprint density at radius 2 is 1.54 bits per heavy atom. The van der Waals surface area contributed by atoms with Gasteiger partial charge in [-0.05, 0) is 78.4 Å². The van der Waals surface area contributed by atoms with Crippen LogP contribution >= 0.6 is 35.6 Å². The molecular formula is C36H45Cl3N4O4S. The van der Waals surface area contributed by atoms with Crippen LogP contribution in [0.15, 0.2) is 71.7 Å². The van der Waals surface area contributed by atoms with Crippen LogP contribution < -0.4 is 4.74 Å². The maximum absolute atomic E-state index is 14.9. The summed E-state index contributed by atoms with van der Waals surface area (Å²) in [4.78, 5) is 26.0. The van der Waals surface area contributed by atoms with Gasteiger partial charge < -0.3 is 14.5 Å². The molecule has 48 heavy (non-hydrogen) atoms. The molecule has 3 aromatic rings. The van der Waals surface area contributed by atoms with E-state index in [-0.39, 0.29) is 29.6 Å². The quantitative estimate of drug-likeness (QED) is 0.236. The highest BCUT2D eigenvalue weighted by Gasteiger charge is 2.45. The maximum Gasteiger partial charge on any atom is 0.326 e. The minimum atomic E-state index is -3.09. The van der Waals surface area contributed by atoms with Crippen molar-refractivity contribution in [2.45, 2.75) is 51.6 Å². The Hall–Kier alpha value is -2.82. The van der Waals surface area contributed by atoms with Gasteiger partial charge in [0.05, 0.1) is 24.0 Å². The fourth-order valence-corrected chi connectivity index (χ4v) is 6.98. The summed E-state index contributed by atoms with van der Waals surface area (Å²) in [5.41, 5.74) is 3.58. The number of carbonyl (C=O) groups excluding carboxylic acids is 1. The molecule has 0 N–H and O–H groups in total. The van der Waals surface area contributed by atoms with Gasteiger partial charge in [0.1, 0.15) is 27.5 Å². The van der Waals surface area contributed by atoms with Crippen LogP contribution in [-0.2, 0) is 15.3 Å². The van der Waals surface area contributed by atoms with Crippen LogP contribution in [0.3, 0.4) is 0 Å². The van der Waals surface area contributed by atoms with Crippen molar-refractivity contribution in [2.24, 2.45) is 4.99 Å². The van der Waals surface area contributed by atoms with Gasteiger partial charge in [-0.1, -0.05) is 74.3 Å². The SMILES string of the molecule is CCOc1cc(C(C)(C)C)ccc1C1=N[C@@H](c2ccc(Cl)cc2)[C@@H](c2ccc(Cl)cc2)N1C(=O)N1CCCN(CCS(C)(=O)=O)CC1.Cl. The van der Waals surface area contributed by atoms with Crippen molar-refractivity contribution >= 4 is 57.3 Å². The van der Waals surface area contributed by atoms with Crippen molar-refractivity contribution in [1.29, 1.82) is 0 Å². The third kappa shape index (κ3) is 9.04. The molecule has 0 radical (unpaired) electrons. The molecule has 8 nitrogen and oxygen atoms in total. The second kappa shape index (κ2) is 15.8. The van der Waals surface area contributed by atoms with E-state index in [4.69, 9.17) is 32.9 Å². The van der Waals surface area contributed by atoms with Gasteiger partial charge in [0.15, 0.2) is 0 Å². The Morgan fingerprint density at radius 1 is 0.917 bits per heavy atom. The molecule has 2 aliphatic rings. The lowest BCUT2D eigenvalue weighted by molar-refractivity contribution is 0.164. The molecule has 2 amide bonds. The fraction of sp³-hybridized carbons (Fsp3) is 0.444. The van der Waals surface area contributed by atoms with Gasteiger partial charge in [-0.3, -0.25) is 9.89 Å². The first kappa shape index (κ1) is 38.0. The van der Waals surface area contributed by atoms with Crippen molar-refractivity contribution in [2.75, 3.05) is 51.3 Å². The topological polar surface area (TPSA) is 82.5 Å². The van der Waals surface area contributed by atoms with Gasteiger partial charge in [0, 0.05) is 42.5 Å². The minimum absolute atomic E-state index is 0. The number of rotatable bonds is 8. The highest BCUT2D eigenvalue weighted by Crippen LogP contribution is 2.46. The summed E-state index contributed by atoms with van der Waals surface area (Å²) in [6, 6.07) is 20.3. The summed E-state index contributed by atoms with van der Waals surface area (Å²) in [6.07, 6.45) is 1.99. The summed E-state index contributed by atoms with van der Waals surface area (Å²) in [6.45, 7) is 11.6.